The standard InChI is InChI=1S/C13H21NO2S2/c15-8-11(6-13-2-1-3-16-13)7-14-12-9-17-4-5-18-10-12/h1-3,11-12,14-15H,4-10H2. The molecule has 0 spiro atoms. The van der Waals surface area contributed by atoms with Gasteiger partial charge in [-0.3, -0.25) is 0 Å². The highest BCUT2D eigenvalue weighted by Crippen LogP contribution is 2.17. The minimum Gasteiger partial charge on any atom is -0.469 e. The Morgan fingerprint density at radius 2 is 2.17 bits per heavy atom. The molecule has 0 radical (unpaired) electrons. The van der Waals surface area contributed by atoms with Gasteiger partial charge in [0.2, 0.25) is 0 Å². The zero-order valence-electron chi connectivity index (χ0n) is 10.5. The van der Waals surface area contributed by atoms with Gasteiger partial charge >= 0.3 is 0 Å². The summed E-state index contributed by atoms with van der Waals surface area (Å²) in [6.07, 6.45) is 2.50. The van der Waals surface area contributed by atoms with Gasteiger partial charge in [0.1, 0.15) is 5.76 Å². The largest absolute Gasteiger partial charge is 0.469 e. The molecule has 0 aromatic carbocycles. The van der Waals surface area contributed by atoms with Crippen LogP contribution in [0.4, 0.5) is 0 Å². The molecule has 2 N–H and O–H groups in total. The zero-order valence-corrected chi connectivity index (χ0v) is 12.1. The smallest absolute Gasteiger partial charge is 0.104 e. The normalized spacial score (nSPS) is 19.6. The number of furan rings is 1. The van der Waals surface area contributed by atoms with Crippen LogP contribution in [0.15, 0.2) is 22.8 Å². The number of nitrogens with one attached hydrogen (secondary N) is 1. The Bertz CT molecular complexity index is 311. The quantitative estimate of drug-likeness (QED) is 0.836. The maximum atomic E-state index is 9.42. The Morgan fingerprint density at radius 3 is 2.78 bits per heavy atom. The molecule has 0 aliphatic carbocycles. The molecule has 102 valence electrons. The van der Waals surface area contributed by atoms with Gasteiger partial charge in [0.25, 0.3) is 0 Å². The molecule has 1 aliphatic rings. The molecule has 1 fully saturated rings. The summed E-state index contributed by atoms with van der Waals surface area (Å²) in [6.45, 7) is 1.07. The lowest BCUT2D eigenvalue weighted by atomic mass is 10.0. The summed E-state index contributed by atoms with van der Waals surface area (Å²) in [5, 5.41) is 13.0. The van der Waals surface area contributed by atoms with E-state index in [0.717, 1.165) is 18.7 Å². The van der Waals surface area contributed by atoms with Crippen LogP contribution in [0, 0.1) is 5.92 Å². The van der Waals surface area contributed by atoms with E-state index in [4.69, 9.17) is 4.42 Å². The van der Waals surface area contributed by atoms with Crippen molar-refractivity contribution in [3.05, 3.63) is 24.2 Å². The van der Waals surface area contributed by atoms with Gasteiger partial charge in [-0.1, -0.05) is 0 Å². The molecule has 1 aromatic heterocycles. The summed E-state index contributed by atoms with van der Waals surface area (Å²) in [4.78, 5) is 0. The summed E-state index contributed by atoms with van der Waals surface area (Å²) < 4.78 is 5.33. The third-order valence-corrected chi connectivity index (χ3v) is 5.55. The van der Waals surface area contributed by atoms with Gasteiger partial charge in [-0.15, -0.1) is 0 Å². The number of aliphatic hydroxyl groups excluding tert-OH is 1. The van der Waals surface area contributed by atoms with Crippen LogP contribution in [0.25, 0.3) is 0 Å². The first-order valence-corrected chi connectivity index (χ1v) is 8.71. The second kappa shape index (κ2) is 8.15. The van der Waals surface area contributed by atoms with Gasteiger partial charge in [0.05, 0.1) is 6.26 Å². The Hall–Kier alpha value is -0.100. The van der Waals surface area contributed by atoms with Gasteiger partial charge in [0.15, 0.2) is 0 Å². The highest BCUT2D eigenvalue weighted by atomic mass is 32.2. The van der Waals surface area contributed by atoms with Crippen LogP contribution in [-0.4, -0.2) is 47.3 Å². The van der Waals surface area contributed by atoms with Crippen molar-refractivity contribution in [1.82, 2.24) is 5.32 Å². The molecular weight excluding hydrogens is 266 g/mol. The van der Waals surface area contributed by atoms with Crippen LogP contribution in [0.1, 0.15) is 5.76 Å². The van der Waals surface area contributed by atoms with E-state index in [-0.39, 0.29) is 12.5 Å². The summed E-state index contributed by atoms with van der Waals surface area (Å²) in [6, 6.07) is 4.45. The minimum atomic E-state index is 0.209. The van der Waals surface area contributed by atoms with E-state index in [2.05, 4.69) is 5.32 Å². The molecule has 0 amide bonds. The summed E-state index contributed by atoms with van der Waals surface area (Å²) in [5.74, 6) is 6.10. The first-order chi connectivity index (χ1) is 8.88. The molecule has 1 atom stereocenters. The summed E-state index contributed by atoms with van der Waals surface area (Å²) >= 11 is 4.05. The third-order valence-electron chi connectivity index (χ3n) is 3.03. The van der Waals surface area contributed by atoms with Crippen molar-refractivity contribution in [3.63, 3.8) is 0 Å². The number of rotatable bonds is 6. The third kappa shape index (κ3) is 4.88. The summed E-state index contributed by atoms with van der Waals surface area (Å²) in [7, 11) is 0. The average Bonchev–Trinajstić information content (AvgIpc) is 2.76. The van der Waals surface area contributed by atoms with Gasteiger partial charge < -0.3 is 14.8 Å². The molecular formula is C13H21NO2S2. The van der Waals surface area contributed by atoms with E-state index in [0.29, 0.717) is 6.04 Å². The van der Waals surface area contributed by atoms with Crippen molar-refractivity contribution in [2.24, 2.45) is 5.92 Å². The van der Waals surface area contributed by atoms with E-state index >= 15 is 0 Å². The predicted octanol–water partition coefficient (Wildman–Crippen LogP) is 1.87. The summed E-state index contributed by atoms with van der Waals surface area (Å²) in [5.41, 5.74) is 0. The monoisotopic (exact) mass is 287 g/mol. The van der Waals surface area contributed by atoms with Crippen LogP contribution in [0.3, 0.4) is 0 Å². The molecule has 1 aromatic rings. The Labute approximate surface area is 117 Å². The fourth-order valence-electron chi connectivity index (χ4n) is 1.98. The van der Waals surface area contributed by atoms with Crippen molar-refractivity contribution in [2.75, 3.05) is 36.2 Å². The lowest BCUT2D eigenvalue weighted by Crippen LogP contribution is -2.38. The first-order valence-electron chi connectivity index (χ1n) is 6.40. The van der Waals surface area contributed by atoms with Crippen LogP contribution in [0.2, 0.25) is 0 Å². The maximum absolute atomic E-state index is 9.42. The van der Waals surface area contributed by atoms with Crippen molar-refractivity contribution in [3.8, 4) is 0 Å². The van der Waals surface area contributed by atoms with Gasteiger partial charge in [0, 0.05) is 54.5 Å². The molecule has 2 heterocycles. The molecule has 2 rings (SSSR count). The zero-order chi connectivity index (χ0) is 12.6. The van der Waals surface area contributed by atoms with Gasteiger partial charge in [-0.25, -0.2) is 0 Å². The Kier molecular flexibility index (Phi) is 6.48. The highest BCUT2D eigenvalue weighted by Gasteiger charge is 2.15. The lowest BCUT2D eigenvalue weighted by Gasteiger charge is -2.19. The molecule has 0 bridgehead atoms. The molecule has 5 heteroatoms. The van der Waals surface area contributed by atoms with Crippen LogP contribution in [0.5, 0.6) is 0 Å². The van der Waals surface area contributed by atoms with Crippen molar-refractivity contribution in [2.45, 2.75) is 12.5 Å². The lowest BCUT2D eigenvalue weighted by molar-refractivity contribution is 0.214. The first kappa shape index (κ1) is 14.3. The fraction of sp³-hybridized carbons (Fsp3) is 0.692. The molecule has 18 heavy (non-hydrogen) atoms. The van der Waals surface area contributed by atoms with Gasteiger partial charge in [-0.05, 0) is 12.1 Å². The number of aliphatic hydroxyl groups is 1. The fourth-order valence-corrected chi connectivity index (χ4v) is 4.45. The van der Waals surface area contributed by atoms with Crippen molar-refractivity contribution < 1.29 is 9.52 Å². The number of hydrogen-bond donors (Lipinski definition) is 2. The number of hydrogen-bond acceptors (Lipinski definition) is 5. The maximum Gasteiger partial charge on any atom is 0.104 e. The highest BCUT2D eigenvalue weighted by molar-refractivity contribution is 8.03. The second-order valence-electron chi connectivity index (χ2n) is 4.59. The van der Waals surface area contributed by atoms with Crippen LogP contribution < -0.4 is 5.32 Å². The Balaban J connectivity index is 1.72. The molecule has 1 saturated heterocycles. The molecule has 1 unspecified atom stereocenters. The van der Waals surface area contributed by atoms with E-state index in [1.165, 1.54) is 23.0 Å². The average molecular weight is 287 g/mol. The van der Waals surface area contributed by atoms with E-state index in [1.54, 1.807) is 6.26 Å². The van der Waals surface area contributed by atoms with E-state index < -0.39 is 0 Å². The van der Waals surface area contributed by atoms with Crippen molar-refractivity contribution in [1.29, 1.82) is 0 Å². The van der Waals surface area contributed by atoms with Gasteiger partial charge in [-0.2, -0.15) is 23.5 Å². The van der Waals surface area contributed by atoms with Crippen LogP contribution in [-0.2, 0) is 6.42 Å². The van der Waals surface area contributed by atoms with Crippen LogP contribution >= 0.6 is 23.5 Å². The predicted molar refractivity (Wildman–Crippen MR) is 79.4 cm³/mol. The molecule has 3 nitrogen and oxygen atoms in total. The molecule has 1 aliphatic heterocycles. The van der Waals surface area contributed by atoms with E-state index in [1.807, 2.05) is 35.7 Å². The SMILES string of the molecule is OCC(CNC1CSCCSC1)Cc1ccco1. The Morgan fingerprint density at radius 1 is 1.39 bits per heavy atom. The minimum absolute atomic E-state index is 0.209. The number of thioether (sulfide) groups is 2. The topological polar surface area (TPSA) is 45.4 Å². The second-order valence-corrected chi connectivity index (χ2v) is 6.89. The van der Waals surface area contributed by atoms with Crippen molar-refractivity contribution >= 4 is 23.5 Å². The molecule has 0 saturated carbocycles. The van der Waals surface area contributed by atoms with E-state index in [9.17, 15) is 5.11 Å².